The Balaban J connectivity index is 1.19. The van der Waals surface area contributed by atoms with Crippen molar-refractivity contribution in [3.63, 3.8) is 0 Å². The van der Waals surface area contributed by atoms with Gasteiger partial charge in [0.1, 0.15) is 29.5 Å². The number of nitrogens with zero attached hydrogens (tertiary/aromatic N) is 5. The Morgan fingerprint density at radius 2 is 1.83 bits per heavy atom. The molecule has 3 aliphatic rings. The number of aliphatic hydroxyl groups is 1. The van der Waals surface area contributed by atoms with Crippen LogP contribution in [0, 0.1) is 17.8 Å². The van der Waals surface area contributed by atoms with Gasteiger partial charge in [-0.3, -0.25) is 28.9 Å². The van der Waals surface area contributed by atoms with Crippen LogP contribution in [-0.2, 0) is 39.8 Å². The molecule has 2 aromatic heterocycles. The average molecular weight is 920 g/mol. The zero-order chi connectivity index (χ0) is 47.9. The molecule has 0 radical (unpaired) electrons. The predicted octanol–water partition coefficient (Wildman–Crippen LogP) is 3.49. The highest BCUT2D eigenvalue weighted by Gasteiger charge is 2.58. The van der Waals surface area contributed by atoms with Crippen molar-refractivity contribution in [2.45, 2.75) is 147 Å². The maximum Gasteiger partial charge on any atom is 0.410 e. The van der Waals surface area contributed by atoms with Crippen LogP contribution in [0.4, 0.5) is 10.5 Å². The number of fused-ring (bicyclic) bond motifs is 1. The van der Waals surface area contributed by atoms with Gasteiger partial charge in [0, 0.05) is 62.2 Å². The first kappa shape index (κ1) is 50.4. The Bertz CT molecular complexity index is 2130. The first-order valence-corrected chi connectivity index (χ1v) is 23.1. The van der Waals surface area contributed by atoms with Gasteiger partial charge in [0.15, 0.2) is 17.7 Å². The molecule has 362 valence electrons. The zero-order valence-electron chi connectivity index (χ0n) is 39.4. The van der Waals surface area contributed by atoms with Crippen molar-refractivity contribution in [2.75, 3.05) is 32.5 Å². The quantitative estimate of drug-likeness (QED) is 0.0712. The number of amides is 2. The van der Waals surface area contributed by atoms with Gasteiger partial charge in [-0.05, 0) is 96.5 Å². The van der Waals surface area contributed by atoms with Crippen LogP contribution in [0.2, 0.25) is 0 Å². The summed E-state index contributed by atoms with van der Waals surface area (Å²) < 4.78 is 33.3. The summed E-state index contributed by atoms with van der Waals surface area (Å²) in [6.07, 6.45) is -0.148. The number of Topliss-reactive ketones (excluding diaryl/α,β-unsaturated/α-hetero) is 1. The number of hydrogen-bond acceptors (Lipinski definition) is 16. The molecule has 19 heteroatoms. The van der Waals surface area contributed by atoms with E-state index in [9.17, 15) is 24.3 Å². The van der Waals surface area contributed by atoms with Gasteiger partial charge >= 0.3 is 12.1 Å². The van der Waals surface area contributed by atoms with E-state index in [1.54, 1.807) is 41.6 Å². The molecule has 0 bridgehead atoms. The molecule has 0 spiro atoms. The van der Waals surface area contributed by atoms with E-state index in [-0.39, 0.29) is 30.6 Å². The molecule has 13 atom stereocenters. The number of unbranched alkanes of at least 4 members (excludes halogenated alkanes) is 1. The Kier molecular flexibility index (Phi) is 16.6. The van der Waals surface area contributed by atoms with E-state index in [1.807, 2.05) is 58.2 Å². The van der Waals surface area contributed by atoms with Crippen LogP contribution >= 0.6 is 0 Å². The third-order valence-electron chi connectivity index (χ3n) is 13.5. The number of cyclic esters (lactones) is 1. The van der Waals surface area contributed by atoms with E-state index in [1.165, 1.54) is 20.2 Å². The molecule has 3 aromatic rings. The van der Waals surface area contributed by atoms with Gasteiger partial charge in [0.05, 0.1) is 30.0 Å². The number of ketones is 1. The van der Waals surface area contributed by atoms with Gasteiger partial charge in [0.25, 0.3) is 5.91 Å². The van der Waals surface area contributed by atoms with Crippen LogP contribution in [0.3, 0.4) is 0 Å². The molecule has 0 aliphatic carbocycles. The SMILES string of the molecule is CC[C@H]1OC(=O)[C@H](C)C(=O)[C@H](C)[C@@H](O[C@@H]2O[C@H](CNC(=O)c3ccccn3)CC(N)C2O)[C@](C)(OC)C[C@@H](C)CN[C@H](C)[C@H]2N(CCCCn3cc(-c4cccc(N)c4)nn3)C(=O)O[C@]12C. The zero-order valence-corrected chi connectivity index (χ0v) is 39.4. The number of benzene rings is 1. The molecule has 7 N–H and O–H groups in total. The molecule has 2 amide bonds. The van der Waals surface area contributed by atoms with E-state index < -0.39 is 89.6 Å². The summed E-state index contributed by atoms with van der Waals surface area (Å²) >= 11 is 0. The first-order chi connectivity index (χ1) is 31.4. The molecule has 19 nitrogen and oxygen atoms in total. The number of carbonyl (C=O) groups is 4. The van der Waals surface area contributed by atoms with Crippen molar-refractivity contribution in [2.24, 2.45) is 23.5 Å². The largest absolute Gasteiger partial charge is 0.458 e. The summed E-state index contributed by atoms with van der Waals surface area (Å²) in [6.45, 7) is 14.1. The molecular formula is C47H69N9O10. The number of ether oxygens (including phenoxy) is 5. The number of anilines is 1. The number of methoxy groups -OCH3 is 1. The summed E-state index contributed by atoms with van der Waals surface area (Å²) in [6, 6.07) is 10.8. The van der Waals surface area contributed by atoms with E-state index in [2.05, 4.69) is 25.9 Å². The fraction of sp³-hybridized carbons (Fsp3) is 0.638. The molecule has 3 aliphatic heterocycles. The van der Waals surface area contributed by atoms with E-state index in [0.29, 0.717) is 56.7 Å². The van der Waals surface area contributed by atoms with Crippen molar-refractivity contribution < 1.29 is 48.0 Å². The Hall–Kier alpha value is -5.05. The van der Waals surface area contributed by atoms with Crippen LogP contribution in [0.5, 0.6) is 0 Å². The number of nitrogen functional groups attached to an aromatic ring is 1. The fourth-order valence-corrected chi connectivity index (χ4v) is 9.81. The number of pyridine rings is 1. The number of rotatable bonds is 13. The molecule has 1 aromatic carbocycles. The van der Waals surface area contributed by atoms with Crippen LogP contribution in [0.15, 0.2) is 54.9 Å². The Morgan fingerprint density at radius 1 is 1.08 bits per heavy atom. The highest BCUT2D eigenvalue weighted by molar-refractivity contribution is 6.00. The lowest BCUT2D eigenvalue weighted by Crippen LogP contribution is -2.61. The van der Waals surface area contributed by atoms with Gasteiger partial charge in [0.2, 0.25) is 0 Å². The topological polar surface area (TPSA) is 258 Å². The molecule has 66 heavy (non-hydrogen) atoms. The number of nitrogens with one attached hydrogen (secondary N) is 2. The lowest BCUT2D eigenvalue weighted by Gasteiger charge is -2.45. The number of aromatic nitrogens is 4. The summed E-state index contributed by atoms with van der Waals surface area (Å²) in [5.74, 6) is -4.01. The molecule has 0 saturated carbocycles. The number of hydrogen-bond donors (Lipinski definition) is 5. The third kappa shape index (κ3) is 11.4. The highest BCUT2D eigenvalue weighted by atomic mass is 16.7. The minimum atomic E-state index is -1.31. The Labute approximate surface area is 386 Å². The third-order valence-corrected chi connectivity index (χ3v) is 13.5. The summed E-state index contributed by atoms with van der Waals surface area (Å²) in [5.41, 5.74) is 12.4. The number of esters is 1. The number of nitrogens with two attached hydrogens (primary N) is 2. The lowest BCUT2D eigenvalue weighted by molar-refractivity contribution is -0.289. The first-order valence-electron chi connectivity index (χ1n) is 23.1. The standard InChI is InChI=1S/C47H69N9O10/c1-9-37-47(7)40(56(45(61)66-47)20-13-12-19-55-26-36(53-54-55)31-15-14-16-32(48)21-31)30(5)51-24-27(2)23-46(6,62-8)41(28(3)38(57)29(4)43(60)64-37)65-44-39(58)34(49)22-33(63-44)25-52-42(59)35-17-10-11-18-50-35/h10-11,14-18,21,26-30,33-34,37,39-41,44,51,58H,9,12-13,19-20,22-25,48-49H2,1-8H3,(H,52,59)/t27-,28+,29-,30-,33+,34?,37-,39?,40-,41-,44+,46-,47-/m1/s1. The molecule has 3 saturated heterocycles. The van der Waals surface area contributed by atoms with Gasteiger partial charge in [-0.1, -0.05) is 44.2 Å². The van der Waals surface area contributed by atoms with E-state index in [4.69, 9.17) is 35.2 Å². The molecule has 3 fully saturated rings. The molecule has 6 rings (SSSR count). The molecular weight excluding hydrogens is 851 g/mol. The van der Waals surface area contributed by atoms with E-state index >= 15 is 0 Å². The fourth-order valence-electron chi connectivity index (χ4n) is 9.81. The van der Waals surface area contributed by atoms with Gasteiger partial charge in [-0.15, -0.1) is 5.10 Å². The van der Waals surface area contributed by atoms with Crippen LogP contribution in [0.1, 0.15) is 91.1 Å². The van der Waals surface area contributed by atoms with Crippen LogP contribution in [-0.4, -0.2) is 141 Å². The summed E-state index contributed by atoms with van der Waals surface area (Å²) in [4.78, 5) is 61.1. The van der Waals surface area contributed by atoms with Gasteiger partial charge in [-0.25, -0.2) is 4.79 Å². The smallest absolute Gasteiger partial charge is 0.410 e. The number of aryl methyl sites for hydroxylation is 1. The lowest BCUT2D eigenvalue weighted by atomic mass is 9.78. The van der Waals surface area contributed by atoms with Gasteiger partial charge < -0.3 is 50.9 Å². The second-order valence-electron chi connectivity index (χ2n) is 18.7. The number of aliphatic hydroxyl groups excluding tert-OH is 1. The maximum absolute atomic E-state index is 14.5. The summed E-state index contributed by atoms with van der Waals surface area (Å²) in [7, 11) is 1.53. The average Bonchev–Trinajstić information content (AvgIpc) is 3.88. The van der Waals surface area contributed by atoms with Crippen molar-refractivity contribution in [3.8, 4) is 11.3 Å². The molecule has 5 heterocycles. The minimum absolute atomic E-state index is 0.0564. The second kappa shape index (κ2) is 21.7. The molecule has 2 unspecified atom stereocenters. The Morgan fingerprint density at radius 3 is 2.53 bits per heavy atom. The van der Waals surface area contributed by atoms with Gasteiger partial charge in [-0.2, -0.15) is 0 Å². The van der Waals surface area contributed by atoms with Crippen molar-refractivity contribution >= 4 is 29.4 Å². The van der Waals surface area contributed by atoms with Crippen molar-refractivity contribution in [1.82, 2.24) is 35.5 Å². The van der Waals surface area contributed by atoms with Crippen molar-refractivity contribution in [3.05, 3.63) is 60.6 Å². The van der Waals surface area contributed by atoms with Crippen molar-refractivity contribution in [1.29, 1.82) is 0 Å². The van der Waals surface area contributed by atoms with Crippen LogP contribution < -0.4 is 22.1 Å². The second-order valence-corrected chi connectivity index (χ2v) is 18.7. The number of carbonyl (C=O) groups excluding carboxylic acids is 4. The normalized spacial score (nSPS) is 33.6. The van der Waals surface area contributed by atoms with E-state index in [0.717, 1.165) is 5.56 Å². The van der Waals surface area contributed by atoms with Crippen LogP contribution in [0.25, 0.3) is 11.3 Å². The summed E-state index contributed by atoms with van der Waals surface area (Å²) in [5, 5.41) is 26.4. The highest BCUT2D eigenvalue weighted by Crippen LogP contribution is 2.40. The predicted molar refractivity (Wildman–Crippen MR) is 243 cm³/mol. The monoisotopic (exact) mass is 920 g/mol. The minimum Gasteiger partial charge on any atom is -0.458 e. The maximum atomic E-state index is 14.5.